The summed E-state index contributed by atoms with van der Waals surface area (Å²) in [6.45, 7) is 10.3. The average Bonchev–Trinajstić information content (AvgIpc) is 2.51. The molecule has 0 bridgehead atoms. The van der Waals surface area contributed by atoms with Crippen molar-refractivity contribution in [3.8, 4) is 6.07 Å². The largest absolute Gasteiger partial charge is 0.500 e. The summed E-state index contributed by atoms with van der Waals surface area (Å²) in [5, 5.41) is 9.10. The Morgan fingerprint density at radius 1 is 1.20 bits per heavy atom. The van der Waals surface area contributed by atoms with Gasteiger partial charge in [0.2, 0.25) is 0 Å². The van der Waals surface area contributed by atoms with E-state index in [2.05, 4.69) is 0 Å². The fraction of sp³-hybridized carbons (Fsp3) is 0.722. The molecule has 0 aliphatic carbocycles. The van der Waals surface area contributed by atoms with Gasteiger partial charge in [-0.15, -0.1) is 0 Å². The fourth-order valence-corrected chi connectivity index (χ4v) is 3.18. The number of nitriles is 1. The number of hydrogen-bond donors (Lipinski definition) is 0. The molecule has 2 amide bonds. The number of carbonyl (C=O) groups excluding carboxylic acids is 2. The van der Waals surface area contributed by atoms with Crippen molar-refractivity contribution in [2.75, 3.05) is 32.8 Å². The topological polar surface area (TPSA) is 82.9 Å². The minimum absolute atomic E-state index is 0.0294. The Morgan fingerprint density at radius 3 is 2.28 bits per heavy atom. The molecular formula is C18H27N3O4. The predicted octanol–water partition coefficient (Wildman–Crippen LogP) is 2.29. The molecule has 1 spiro atoms. The molecule has 0 unspecified atom stereocenters. The van der Waals surface area contributed by atoms with Gasteiger partial charge in [0, 0.05) is 31.6 Å². The number of piperidine rings is 1. The van der Waals surface area contributed by atoms with Crippen LogP contribution in [0.2, 0.25) is 0 Å². The molecule has 2 saturated heterocycles. The maximum Gasteiger partial charge on any atom is 0.410 e. The van der Waals surface area contributed by atoms with E-state index < -0.39 is 5.60 Å². The van der Waals surface area contributed by atoms with Crippen molar-refractivity contribution in [3.63, 3.8) is 0 Å². The van der Waals surface area contributed by atoms with E-state index in [1.54, 1.807) is 16.7 Å². The Morgan fingerprint density at radius 2 is 1.80 bits per heavy atom. The summed E-state index contributed by atoms with van der Waals surface area (Å²) in [4.78, 5) is 27.8. The molecule has 2 fully saturated rings. The Kier molecular flexibility index (Phi) is 5.61. The lowest BCUT2D eigenvalue weighted by Crippen LogP contribution is -2.62. The van der Waals surface area contributed by atoms with Crippen LogP contribution >= 0.6 is 0 Å². The lowest BCUT2D eigenvalue weighted by atomic mass is 9.72. The lowest BCUT2D eigenvalue weighted by Gasteiger charge is -2.53. The quantitative estimate of drug-likeness (QED) is 0.443. The molecule has 0 aromatic rings. The second kappa shape index (κ2) is 7.34. The van der Waals surface area contributed by atoms with E-state index in [1.165, 1.54) is 6.26 Å². The number of carbonyl (C=O) groups is 2. The number of amides is 2. The Bertz CT molecular complexity index is 584. The molecule has 7 nitrogen and oxygen atoms in total. The van der Waals surface area contributed by atoms with Crippen LogP contribution in [-0.4, -0.2) is 60.2 Å². The molecule has 138 valence electrons. The molecule has 0 N–H and O–H groups in total. The van der Waals surface area contributed by atoms with Gasteiger partial charge >= 0.3 is 6.09 Å². The zero-order valence-corrected chi connectivity index (χ0v) is 15.5. The van der Waals surface area contributed by atoms with Crippen LogP contribution in [0, 0.1) is 16.7 Å². The van der Waals surface area contributed by atoms with E-state index in [-0.39, 0.29) is 23.0 Å². The van der Waals surface area contributed by atoms with Gasteiger partial charge in [-0.3, -0.25) is 4.79 Å². The van der Waals surface area contributed by atoms with Crippen molar-refractivity contribution in [2.24, 2.45) is 5.41 Å². The third-order valence-corrected chi connectivity index (χ3v) is 4.53. The number of nitrogens with zero attached hydrogens (tertiary/aromatic N) is 3. The minimum Gasteiger partial charge on any atom is -0.500 e. The Balaban J connectivity index is 1.84. The van der Waals surface area contributed by atoms with E-state index in [0.717, 1.165) is 12.8 Å². The van der Waals surface area contributed by atoms with Crippen LogP contribution in [0.1, 0.15) is 40.5 Å². The molecule has 0 saturated carbocycles. The minimum atomic E-state index is -0.490. The highest BCUT2D eigenvalue weighted by Crippen LogP contribution is 2.41. The van der Waals surface area contributed by atoms with Crippen LogP contribution < -0.4 is 0 Å². The average molecular weight is 349 g/mol. The highest BCUT2D eigenvalue weighted by atomic mass is 16.6. The number of rotatable bonds is 3. The molecule has 2 heterocycles. The van der Waals surface area contributed by atoms with Gasteiger partial charge in [-0.1, -0.05) is 0 Å². The van der Waals surface area contributed by atoms with E-state index in [0.29, 0.717) is 32.8 Å². The molecule has 2 aliphatic rings. The Hall–Kier alpha value is -2.23. The molecule has 0 aromatic heterocycles. The van der Waals surface area contributed by atoms with Gasteiger partial charge in [-0.05, 0) is 40.5 Å². The summed E-state index contributed by atoms with van der Waals surface area (Å²) in [5.41, 5.74) is -0.387. The number of likely N-dealkylation sites (tertiary alicyclic amines) is 2. The van der Waals surface area contributed by atoms with Crippen LogP contribution in [0.5, 0.6) is 0 Å². The van der Waals surface area contributed by atoms with Crippen molar-refractivity contribution in [1.29, 1.82) is 5.26 Å². The molecular weight excluding hydrogens is 322 g/mol. The molecule has 2 aliphatic heterocycles. The SMILES string of the molecule is CCO/C=C(\C#N)C(=O)N1CCC2(CC1)CN(C(=O)OC(C)(C)C)C2. The van der Waals surface area contributed by atoms with E-state index in [1.807, 2.05) is 26.8 Å². The Labute approximate surface area is 149 Å². The summed E-state index contributed by atoms with van der Waals surface area (Å²) in [5.74, 6) is -0.283. The van der Waals surface area contributed by atoms with Gasteiger partial charge in [-0.25, -0.2) is 4.79 Å². The standard InChI is InChI=1S/C18H27N3O4/c1-5-24-11-14(10-19)15(22)20-8-6-18(7-9-20)12-21(13-18)16(23)25-17(2,3)4/h11H,5-9,12-13H2,1-4H3/b14-11+. The summed E-state index contributed by atoms with van der Waals surface area (Å²) in [6, 6.07) is 1.90. The van der Waals surface area contributed by atoms with Crippen LogP contribution in [0.25, 0.3) is 0 Å². The number of hydrogen-bond acceptors (Lipinski definition) is 5. The van der Waals surface area contributed by atoms with Gasteiger partial charge in [0.1, 0.15) is 17.9 Å². The van der Waals surface area contributed by atoms with Crippen LogP contribution in [-0.2, 0) is 14.3 Å². The van der Waals surface area contributed by atoms with Crippen LogP contribution in [0.15, 0.2) is 11.8 Å². The normalized spacial score (nSPS) is 19.9. The second-order valence-corrected chi connectivity index (χ2v) is 7.73. The first-order valence-electron chi connectivity index (χ1n) is 8.69. The van der Waals surface area contributed by atoms with Crippen molar-refractivity contribution in [3.05, 3.63) is 11.8 Å². The van der Waals surface area contributed by atoms with E-state index in [4.69, 9.17) is 14.7 Å². The maximum absolute atomic E-state index is 12.4. The van der Waals surface area contributed by atoms with Crippen LogP contribution in [0.4, 0.5) is 4.79 Å². The van der Waals surface area contributed by atoms with Crippen molar-refractivity contribution >= 4 is 12.0 Å². The summed E-state index contributed by atoms with van der Waals surface area (Å²) >= 11 is 0. The fourth-order valence-electron chi connectivity index (χ4n) is 3.18. The summed E-state index contributed by atoms with van der Waals surface area (Å²) in [7, 11) is 0. The molecule has 25 heavy (non-hydrogen) atoms. The van der Waals surface area contributed by atoms with Gasteiger partial charge in [0.05, 0.1) is 6.61 Å². The molecule has 0 aromatic carbocycles. The highest BCUT2D eigenvalue weighted by Gasteiger charge is 2.48. The first kappa shape index (κ1) is 19.1. The van der Waals surface area contributed by atoms with Gasteiger partial charge in [-0.2, -0.15) is 5.26 Å². The zero-order chi connectivity index (χ0) is 18.7. The van der Waals surface area contributed by atoms with Crippen molar-refractivity contribution in [2.45, 2.75) is 46.1 Å². The van der Waals surface area contributed by atoms with Gasteiger partial charge in [0.25, 0.3) is 5.91 Å². The molecule has 0 atom stereocenters. The third-order valence-electron chi connectivity index (χ3n) is 4.53. The zero-order valence-electron chi connectivity index (χ0n) is 15.5. The first-order valence-corrected chi connectivity index (χ1v) is 8.69. The van der Waals surface area contributed by atoms with Crippen LogP contribution in [0.3, 0.4) is 0 Å². The third kappa shape index (κ3) is 4.65. The lowest BCUT2D eigenvalue weighted by molar-refractivity contribution is -0.131. The van der Waals surface area contributed by atoms with E-state index >= 15 is 0 Å². The monoisotopic (exact) mass is 349 g/mol. The summed E-state index contributed by atoms with van der Waals surface area (Å²) in [6.07, 6.45) is 2.61. The van der Waals surface area contributed by atoms with Gasteiger partial charge in [0.15, 0.2) is 5.57 Å². The predicted molar refractivity (Wildman–Crippen MR) is 91.4 cm³/mol. The van der Waals surface area contributed by atoms with Crippen molar-refractivity contribution in [1.82, 2.24) is 9.80 Å². The number of ether oxygens (including phenoxy) is 2. The molecule has 0 radical (unpaired) electrons. The maximum atomic E-state index is 12.4. The van der Waals surface area contributed by atoms with E-state index in [9.17, 15) is 9.59 Å². The first-order chi connectivity index (χ1) is 11.7. The summed E-state index contributed by atoms with van der Waals surface area (Å²) < 4.78 is 10.4. The van der Waals surface area contributed by atoms with Gasteiger partial charge < -0.3 is 19.3 Å². The molecule has 7 heteroatoms. The smallest absolute Gasteiger partial charge is 0.410 e. The highest BCUT2D eigenvalue weighted by molar-refractivity contribution is 5.97. The second-order valence-electron chi connectivity index (χ2n) is 7.73. The van der Waals surface area contributed by atoms with Crippen molar-refractivity contribution < 1.29 is 19.1 Å². The molecule has 2 rings (SSSR count).